The maximum absolute atomic E-state index is 9.23. The minimum Gasteiger partial charge on any atom is -0.396 e. The summed E-state index contributed by atoms with van der Waals surface area (Å²) in [6.45, 7) is 1.69. The number of rotatable bonds is 1. The van der Waals surface area contributed by atoms with E-state index in [0.717, 1.165) is 12.8 Å². The minimum atomic E-state index is -1.30. The van der Waals surface area contributed by atoms with Crippen molar-refractivity contribution in [2.24, 2.45) is 5.41 Å². The lowest BCUT2D eigenvalue weighted by Crippen LogP contribution is -2.54. The molecule has 0 spiro atoms. The second kappa shape index (κ2) is 3.61. The van der Waals surface area contributed by atoms with E-state index in [9.17, 15) is 5.11 Å². The molecule has 78 valence electrons. The SMILES string of the molecule is CC1(CO)CCCC(Cl)(Cl)C1(Cl)Cl. The van der Waals surface area contributed by atoms with Crippen molar-refractivity contribution in [3.63, 3.8) is 0 Å². The lowest BCUT2D eigenvalue weighted by molar-refractivity contribution is 0.0857. The zero-order valence-electron chi connectivity index (χ0n) is 7.29. The summed E-state index contributed by atoms with van der Waals surface area (Å²) in [5, 5.41) is 9.23. The Balaban J connectivity index is 3.01. The Hall–Kier alpha value is 1.12. The van der Waals surface area contributed by atoms with Crippen LogP contribution in [0.1, 0.15) is 26.2 Å². The number of hydrogen-bond acceptors (Lipinski definition) is 1. The van der Waals surface area contributed by atoms with Gasteiger partial charge in [0.1, 0.15) is 0 Å². The molecule has 0 saturated heterocycles. The molecule has 0 aliphatic heterocycles. The molecule has 1 rings (SSSR count). The van der Waals surface area contributed by atoms with Crippen molar-refractivity contribution < 1.29 is 5.11 Å². The third kappa shape index (κ3) is 1.79. The third-order valence-electron chi connectivity index (χ3n) is 2.79. The van der Waals surface area contributed by atoms with Crippen LogP contribution in [0.5, 0.6) is 0 Å². The van der Waals surface area contributed by atoms with Crippen LogP contribution >= 0.6 is 46.4 Å². The van der Waals surface area contributed by atoms with E-state index in [4.69, 9.17) is 46.4 Å². The molecule has 1 unspecified atom stereocenters. The van der Waals surface area contributed by atoms with Gasteiger partial charge in [0.25, 0.3) is 0 Å². The molecule has 1 fully saturated rings. The highest BCUT2D eigenvalue weighted by molar-refractivity contribution is 6.62. The van der Waals surface area contributed by atoms with Crippen LogP contribution in [0.4, 0.5) is 0 Å². The lowest BCUT2D eigenvalue weighted by atomic mass is 9.75. The van der Waals surface area contributed by atoms with Crippen LogP contribution in [0.2, 0.25) is 0 Å². The average molecular weight is 266 g/mol. The summed E-state index contributed by atoms with van der Waals surface area (Å²) in [6, 6.07) is 0. The van der Waals surface area contributed by atoms with Gasteiger partial charge in [-0.05, 0) is 19.3 Å². The predicted molar refractivity (Wildman–Crippen MR) is 57.9 cm³/mol. The largest absolute Gasteiger partial charge is 0.396 e. The summed E-state index contributed by atoms with van der Waals surface area (Å²) in [4.78, 5) is 0. The highest BCUT2D eigenvalue weighted by Gasteiger charge is 2.60. The van der Waals surface area contributed by atoms with E-state index >= 15 is 0 Å². The van der Waals surface area contributed by atoms with Gasteiger partial charge in [0.05, 0.1) is 6.61 Å². The van der Waals surface area contributed by atoms with Gasteiger partial charge in [-0.2, -0.15) is 0 Å². The molecule has 0 aromatic rings. The Labute approximate surface area is 98.3 Å². The number of aliphatic hydroxyl groups excluding tert-OH is 1. The Bertz CT molecular complexity index is 204. The normalized spacial score (nSPS) is 37.4. The molecular formula is C8H12Cl4O. The van der Waals surface area contributed by atoms with E-state index in [1.54, 1.807) is 6.92 Å². The van der Waals surface area contributed by atoms with Gasteiger partial charge >= 0.3 is 0 Å². The molecule has 0 bridgehead atoms. The van der Waals surface area contributed by atoms with Gasteiger partial charge in [0.2, 0.25) is 0 Å². The average Bonchev–Trinajstić information content (AvgIpc) is 2.01. The van der Waals surface area contributed by atoms with Crippen LogP contribution in [-0.2, 0) is 0 Å². The highest BCUT2D eigenvalue weighted by Crippen LogP contribution is 2.60. The zero-order chi connectivity index (χ0) is 10.3. The van der Waals surface area contributed by atoms with Gasteiger partial charge in [-0.25, -0.2) is 0 Å². The van der Waals surface area contributed by atoms with Crippen molar-refractivity contribution >= 4 is 46.4 Å². The molecule has 1 aliphatic rings. The molecule has 0 amide bonds. The third-order valence-corrected chi connectivity index (χ3v) is 5.68. The van der Waals surface area contributed by atoms with Crippen LogP contribution in [0.3, 0.4) is 0 Å². The number of alkyl halides is 4. The fraction of sp³-hybridized carbons (Fsp3) is 1.00. The summed E-state index contributed by atoms with van der Waals surface area (Å²) in [7, 11) is 0. The van der Waals surface area contributed by atoms with E-state index in [0.29, 0.717) is 6.42 Å². The maximum Gasteiger partial charge on any atom is 0.158 e. The fourth-order valence-electron chi connectivity index (χ4n) is 1.63. The monoisotopic (exact) mass is 264 g/mol. The first-order valence-corrected chi connectivity index (χ1v) is 5.64. The first-order chi connectivity index (χ1) is 5.77. The fourth-order valence-corrected chi connectivity index (χ4v) is 2.86. The quantitative estimate of drug-likeness (QED) is 0.720. The highest BCUT2D eigenvalue weighted by atomic mass is 35.5. The molecule has 0 radical (unpaired) electrons. The van der Waals surface area contributed by atoms with Crippen LogP contribution in [-0.4, -0.2) is 20.4 Å². The van der Waals surface area contributed by atoms with Crippen molar-refractivity contribution in [2.45, 2.75) is 34.9 Å². The first kappa shape index (κ1) is 12.2. The van der Waals surface area contributed by atoms with Gasteiger partial charge in [-0.1, -0.05) is 53.3 Å². The van der Waals surface area contributed by atoms with Crippen molar-refractivity contribution in [2.75, 3.05) is 6.61 Å². The predicted octanol–water partition coefficient (Wildman–Crippen LogP) is 3.52. The first-order valence-electron chi connectivity index (χ1n) is 4.13. The summed E-state index contributed by atoms with van der Waals surface area (Å²) < 4.78 is -2.47. The number of halogens is 4. The standard InChI is InChI=1S/C8H12Cl4O/c1-6(5-13)3-2-4-7(9,10)8(6,11)12/h13H,2-5H2,1H3. The van der Waals surface area contributed by atoms with Crippen molar-refractivity contribution in [3.05, 3.63) is 0 Å². The van der Waals surface area contributed by atoms with E-state index in [-0.39, 0.29) is 6.61 Å². The maximum atomic E-state index is 9.23. The molecule has 1 nitrogen and oxygen atoms in total. The smallest absolute Gasteiger partial charge is 0.158 e. The van der Waals surface area contributed by atoms with E-state index in [2.05, 4.69) is 0 Å². The van der Waals surface area contributed by atoms with Crippen LogP contribution in [0, 0.1) is 5.41 Å². The van der Waals surface area contributed by atoms with Gasteiger partial charge in [-0.3, -0.25) is 0 Å². The number of hydrogen-bond donors (Lipinski definition) is 1. The van der Waals surface area contributed by atoms with Gasteiger partial charge < -0.3 is 5.11 Å². The molecule has 0 aromatic carbocycles. The summed E-state index contributed by atoms with van der Waals surface area (Å²) in [5.41, 5.74) is -0.627. The van der Waals surface area contributed by atoms with Crippen LogP contribution in [0.15, 0.2) is 0 Å². The van der Waals surface area contributed by atoms with Crippen LogP contribution < -0.4 is 0 Å². The van der Waals surface area contributed by atoms with Gasteiger partial charge in [-0.15, -0.1) is 0 Å². The number of aliphatic hydroxyl groups is 1. The Morgan fingerprint density at radius 3 is 2.08 bits per heavy atom. The topological polar surface area (TPSA) is 20.2 Å². The minimum absolute atomic E-state index is 0.110. The molecule has 13 heavy (non-hydrogen) atoms. The van der Waals surface area contributed by atoms with E-state index < -0.39 is 14.1 Å². The second-order valence-electron chi connectivity index (χ2n) is 3.85. The molecule has 1 aliphatic carbocycles. The Kier molecular flexibility index (Phi) is 3.38. The molecule has 1 saturated carbocycles. The molecule has 0 aromatic heterocycles. The van der Waals surface area contributed by atoms with Crippen molar-refractivity contribution in [1.82, 2.24) is 0 Å². The van der Waals surface area contributed by atoms with Gasteiger partial charge in [0, 0.05) is 5.41 Å². The molecule has 5 heteroatoms. The molecule has 1 N–H and O–H groups in total. The van der Waals surface area contributed by atoms with Crippen molar-refractivity contribution in [1.29, 1.82) is 0 Å². The molecule has 1 atom stereocenters. The van der Waals surface area contributed by atoms with Gasteiger partial charge in [0.15, 0.2) is 8.67 Å². The Morgan fingerprint density at radius 1 is 1.15 bits per heavy atom. The van der Waals surface area contributed by atoms with E-state index in [1.165, 1.54) is 0 Å². The van der Waals surface area contributed by atoms with E-state index in [1.807, 2.05) is 0 Å². The summed E-state index contributed by atoms with van der Waals surface area (Å²) in [6.07, 6.45) is 2.11. The van der Waals surface area contributed by atoms with Crippen molar-refractivity contribution in [3.8, 4) is 0 Å². The van der Waals surface area contributed by atoms with Crippen LogP contribution in [0.25, 0.3) is 0 Å². The second-order valence-corrected chi connectivity index (χ2v) is 6.66. The summed E-state index contributed by atoms with van der Waals surface area (Å²) >= 11 is 24.3. The summed E-state index contributed by atoms with van der Waals surface area (Å²) in [5.74, 6) is 0. The Morgan fingerprint density at radius 2 is 1.69 bits per heavy atom. The lowest BCUT2D eigenvalue weighted by Gasteiger charge is -2.49. The molecule has 0 heterocycles. The zero-order valence-corrected chi connectivity index (χ0v) is 10.3. The molecular weight excluding hydrogens is 254 g/mol.